The third-order valence-electron chi connectivity index (χ3n) is 4.96. The van der Waals surface area contributed by atoms with Gasteiger partial charge in [0.25, 0.3) is 0 Å². The molecular formula is C18H16F3N5O. The van der Waals surface area contributed by atoms with Crippen molar-refractivity contribution in [3.05, 3.63) is 52.9 Å². The second kappa shape index (κ2) is 6.19. The van der Waals surface area contributed by atoms with Crippen molar-refractivity contribution in [3.8, 4) is 11.4 Å². The number of hydrogen-bond acceptors (Lipinski definition) is 5. The maximum absolute atomic E-state index is 13.4. The normalized spacial score (nSPS) is 17.3. The van der Waals surface area contributed by atoms with Crippen LogP contribution < -0.4 is 0 Å². The van der Waals surface area contributed by atoms with Gasteiger partial charge in [0.15, 0.2) is 17.5 Å². The van der Waals surface area contributed by atoms with Crippen LogP contribution in [-0.2, 0) is 19.6 Å². The SMILES string of the molecule is Fc1cc(-c2noc(CN3CCn4nc(C5CC5)cc4C3)n2)cc(F)c1F. The van der Waals surface area contributed by atoms with Gasteiger partial charge in [-0.05, 0) is 31.0 Å². The van der Waals surface area contributed by atoms with Crippen LogP contribution in [0.25, 0.3) is 11.4 Å². The van der Waals surface area contributed by atoms with Gasteiger partial charge in [-0.15, -0.1) is 0 Å². The maximum atomic E-state index is 13.4. The van der Waals surface area contributed by atoms with E-state index in [1.54, 1.807) is 0 Å². The van der Waals surface area contributed by atoms with Crippen LogP contribution in [0, 0.1) is 17.5 Å². The van der Waals surface area contributed by atoms with E-state index in [0.29, 0.717) is 18.4 Å². The van der Waals surface area contributed by atoms with Crippen LogP contribution in [-0.4, -0.2) is 31.4 Å². The Hall–Kier alpha value is -2.68. The molecule has 0 atom stereocenters. The zero-order valence-electron chi connectivity index (χ0n) is 14.3. The van der Waals surface area contributed by atoms with Crippen LogP contribution in [0.3, 0.4) is 0 Å². The minimum atomic E-state index is -1.52. The Bertz CT molecular complexity index is 987. The average Bonchev–Trinajstić information content (AvgIpc) is 3.25. The van der Waals surface area contributed by atoms with E-state index in [-0.39, 0.29) is 11.4 Å². The van der Waals surface area contributed by atoms with Crippen molar-refractivity contribution < 1.29 is 17.7 Å². The number of aromatic nitrogens is 4. The number of halogens is 3. The van der Waals surface area contributed by atoms with E-state index in [4.69, 9.17) is 4.52 Å². The van der Waals surface area contributed by atoms with Crippen molar-refractivity contribution in [2.45, 2.75) is 38.4 Å². The van der Waals surface area contributed by atoms with Gasteiger partial charge in [0.2, 0.25) is 11.7 Å². The molecule has 3 aromatic rings. The third kappa shape index (κ3) is 3.12. The third-order valence-corrected chi connectivity index (χ3v) is 4.96. The van der Waals surface area contributed by atoms with Crippen LogP contribution in [0.5, 0.6) is 0 Å². The van der Waals surface area contributed by atoms with E-state index < -0.39 is 17.5 Å². The highest BCUT2D eigenvalue weighted by molar-refractivity contribution is 5.54. The molecular weight excluding hydrogens is 359 g/mol. The van der Waals surface area contributed by atoms with Crippen LogP contribution in [0.15, 0.2) is 22.7 Å². The molecule has 6 nitrogen and oxygen atoms in total. The smallest absolute Gasteiger partial charge is 0.241 e. The fraction of sp³-hybridized carbons (Fsp3) is 0.389. The summed E-state index contributed by atoms with van der Waals surface area (Å²) in [7, 11) is 0. The predicted molar refractivity (Wildman–Crippen MR) is 87.9 cm³/mol. The maximum Gasteiger partial charge on any atom is 0.241 e. The molecule has 0 spiro atoms. The number of benzene rings is 1. The molecule has 2 aromatic heterocycles. The summed E-state index contributed by atoms with van der Waals surface area (Å²) in [4.78, 5) is 6.34. The van der Waals surface area contributed by atoms with Crippen LogP contribution in [0.2, 0.25) is 0 Å². The molecule has 0 N–H and O–H groups in total. The highest BCUT2D eigenvalue weighted by Gasteiger charge is 2.29. The zero-order valence-corrected chi connectivity index (χ0v) is 14.3. The average molecular weight is 375 g/mol. The van der Waals surface area contributed by atoms with E-state index in [0.717, 1.165) is 37.5 Å². The Morgan fingerprint density at radius 3 is 2.59 bits per heavy atom. The van der Waals surface area contributed by atoms with E-state index >= 15 is 0 Å². The molecule has 1 saturated carbocycles. The van der Waals surface area contributed by atoms with Crippen molar-refractivity contribution in [2.24, 2.45) is 0 Å². The largest absolute Gasteiger partial charge is 0.338 e. The zero-order chi connectivity index (χ0) is 18.5. The monoisotopic (exact) mass is 375 g/mol. The number of hydrogen-bond donors (Lipinski definition) is 0. The Morgan fingerprint density at radius 2 is 1.85 bits per heavy atom. The van der Waals surface area contributed by atoms with Gasteiger partial charge < -0.3 is 4.52 Å². The lowest BCUT2D eigenvalue weighted by molar-refractivity contribution is 0.180. The molecule has 27 heavy (non-hydrogen) atoms. The molecule has 1 aliphatic carbocycles. The number of fused-ring (bicyclic) bond motifs is 1. The van der Waals surface area contributed by atoms with Gasteiger partial charge in [0.05, 0.1) is 24.5 Å². The van der Waals surface area contributed by atoms with Crippen molar-refractivity contribution in [2.75, 3.05) is 6.54 Å². The summed E-state index contributed by atoms with van der Waals surface area (Å²) in [5.41, 5.74) is 2.37. The van der Waals surface area contributed by atoms with Crippen LogP contribution >= 0.6 is 0 Å². The summed E-state index contributed by atoms with van der Waals surface area (Å²) in [5.74, 6) is -3.10. The van der Waals surface area contributed by atoms with Crippen molar-refractivity contribution in [1.82, 2.24) is 24.8 Å². The fourth-order valence-electron chi connectivity index (χ4n) is 3.37. The second-order valence-corrected chi connectivity index (χ2v) is 7.03. The Kier molecular flexibility index (Phi) is 3.78. The molecule has 0 bridgehead atoms. The molecule has 1 aliphatic heterocycles. The molecule has 1 fully saturated rings. The first kappa shape index (κ1) is 16.5. The standard InChI is InChI=1S/C18H16F3N5O/c19-13-5-11(6-14(20)17(13)21)18-22-16(27-24-18)9-25-3-4-26-12(8-25)7-15(23-26)10-1-2-10/h5-7,10H,1-4,8-9H2. The first-order chi connectivity index (χ1) is 13.1. The summed E-state index contributed by atoms with van der Waals surface area (Å²) in [6.07, 6.45) is 2.44. The number of nitrogens with zero attached hydrogens (tertiary/aromatic N) is 5. The van der Waals surface area contributed by atoms with Gasteiger partial charge in [-0.2, -0.15) is 10.1 Å². The van der Waals surface area contributed by atoms with Gasteiger partial charge in [-0.25, -0.2) is 13.2 Å². The molecule has 2 aliphatic rings. The Morgan fingerprint density at radius 1 is 1.07 bits per heavy atom. The fourth-order valence-corrected chi connectivity index (χ4v) is 3.37. The molecule has 0 radical (unpaired) electrons. The van der Waals surface area contributed by atoms with Gasteiger partial charge in [0, 0.05) is 24.6 Å². The van der Waals surface area contributed by atoms with Crippen molar-refractivity contribution >= 4 is 0 Å². The molecule has 0 amide bonds. The molecule has 0 saturated heterocycles. The highest BCUT2D eigenvalue weighted by atomic mass is 19.2. The van der Waals surface area contributed by atoms with Crippen molar-refractivity contribution in [3.63, 3.8) is 0 Å². The van der Waals surface area contributed by atoms with Gasteiger partial charge >= 0.3 is 0 Å². The first-order valence-corrected chi connectivity index (χ1v) is 8.83. The highest BCUT2D eigenvalue weighted by Crippen LogP contribution is 2.39. The molecule has 0 unspecified atom stereocenters. The molecule has 5 rings (SSSR count). The van der Waals surface area contributed by atoms with Gasteiger partial charge in [-0.3, -0.25) is 9.58 Å². The summed E-state index contributed by atoms with van der Waals surface area (Å²) in [6, 6.07) is 3.87. The summed E-state index contributed by atoms with van der Waals surface area (Å²) in [5, 5.41) is 8.42. The van der Waals surface area contributed by atoms with E-state index in [1.807, 2.05) is 4.68 Å². The van der Waals surface area contributed by atoms with E-state index in [9.17, 15) is 13.2 Å². The predicted octanol–water partition coefficient (Wildman–Crippen LogP) is 3.24. The molecule has 1 aromatic carbocycles. The van der Waals surface area contributed by atoms with E-state index in [1.165, 1.54) is 18.5 Å². The van der Waals surface area contributed by atoms with Crippen LogP contribution in [0.4, 0.5) is 13.2 Å². The minimum Gasteiger partial charge on any atom is -0.338 e. The lowest BCUT2D eigenvalue weighted by Crippen LogP contribution is -2.33. The Balaban J connectivity index is 1.31. The Labute approximate surface area is 152 Å². The summed E-state index contributed by atoms with van der Waals surface area (Å²) >= 11 is 0. The summed E-state index contributed by atoms with van der Waals surface area (Å²) in [6.45, 7) is 2.72. The minimum absolute atomic E-state index is 0.0286. The van der Waals surface area contributed by atoms with Gasteiger partial charge in [-0.1, -0.05) is 5.16 Å². The first-order valence-electron chi connectivity index (χ1n) is 8.83. The van der Waals surface area contributed by atoms with E-state index in [2.05, 4.69) is 26.2 Å². The summed E-state index contributed by atoms with van der Waals surface area (Å²) < 4.78 is 47.1. The van der Waals surface area contributed by atoms with Gasteiger partial charge in [0.1, 0.15) is 0 Å². The topological polar surface area (TPSA) is 60.0 Å². The van der Waals surface area contributed by atoms with Crippen LogP contribution in [0.1, 0.15) is 36.0 Å². The number of rotatable bonds is 4. The molecule has 3 heterocycles. The second-order valence-electron chi connectivity index (χ2n) is 7.03. The lowest BCUT2D eigenvalue weighted by atomic mass is 10.2. The lowest BCUT2D eigenvalue weighted by Gasteiger charge is -2.25. The molecule has 9 heteroatoms. The quantitative estimate of drug-likeness (QED) is 0.655. The van der Waals surface area contributed by atoms with Crippen molar-refractivity contribution in [1.29, 1.82) is 0 Å². The molecule has 140 valence electrons.